The van der Waals surface area contributed by atoms with Crippen LogP contribution in [-0.4, -0.2) is 32.1 Å². The molecule has 1 heterocycles. The van der Waals surface area contributed by atoms with Crippen LogP contribution in [0.25, 0.3) is 0 Å². The number of anilines is 2. The van der Waals surface area contributed by atoms with Gasteiger partial charge in [-0.2, -0.15) is 26.3 Å². The molecule has 0 radical (unpaired) electrons. The van der Waals surface area contributed by atoms with Crippen molar-refractivity contribution in [1.29, 1.82) is 0 Å². The van der Waals surface area contributed by atoms with Crippen LogP contribution in [0.4, 0.5) is 37.7 Å². The van der Waals surface area contributed by atoms with Crippen molar-refractivity contribution in [1.82, 2.24) is 4.98 Å². The minimum Gasteiger partial charge on any atom is -0.386 e. The number of carbonyl (C=O) groups is 1. The van der Waals surface area contributed by atoms with E-state index in [2.05, 4.69) is 15.6 Å². The lowest BCUT2D eigenvalue weighted by molar-refractivity contribution is -0.138. The zero-order valence-electron chi connectivity index (χ0n) is 15.4. The maximum absolute atomic E-state index is 13.0. The van der Waals surface area contributed by atoms with Crippen molar-refractivity contribution < 1.29 is 39.6 Å². The van der Waals surface area contributed by atoms with Crippen molar-refractivity contribution in [3.8, 4) is 0 Å². The predicted octanol–water partition coefficient (Wildman–Crippen LogP) is 4.21. The normalized spacial score (nSPS) is 12.5. The third-order valence-electron chi connectivity index (χ3n) is 3.97. The lowest BCUT2D eigenvalue weighted by Gasteiger charge is -2.16. The van der Waals surface area contributed by atoms with Gasteiger partial charge >= 0.3 is 12.4 Å². The van der Waals surface area contributed by atoms with Crippen LogP contribution < -0.4 is 10.6 Å². The Bertz CT molecular complexity index is 1070. The Hall–Kier alpha value is -2.83. The summed E-state index contributed by atoms with van der Waals surface area (Å²) >= 11 is 0. The van der Waals surface area contributed by atoms with Gasteiger partial charge in [0, 0.05) is 13.2 Å². The minimum absolute atomic E-state index is 0.0585. The van der Waals surface area contributed by atoms with Gasteiger partial charge in [-0.3, -0.25) is 4.79 Å². The van der Waals surface area contributed by atoms with E-state index in [1.54, 1.807) is 0 Å². The first-order valence-corrected chi connectivity index (χ1v) is 9.86. The first-order valence-electron chi connectivity index (χ1n) is 8.21. The monoisotopic (exact) mass is 455 g/mol. The van der Waals surface area contributed by atoms with E-state index in [-0.39, 0.29) is 23.6 Å². The number of halogens is 6. The smallest absolute Gasteiger partial charge is 0.386 e. The maximum atomic E-state index is 13.0. The SMILES string of the molecule is CCS(=O)(=O)c1cc(C(F)(F)F)cnc1C(=O)Nc1cc(C(F)(F)F)ccc1NC. The van der Waals surface area contributed by atoms with Crippen LogP contribution in [0.15, 0.2) is 35.4 Å². The number of rotatable bonds is 5. The molecule has 0 saturated heterocycles. The Balaban J connectivity index is 2.57. The number of nitrogens with one attached hydrogen (secondary N) is 2. The van der Waals surface area contributed by atoms with Crippen LogP contribution in [0.2, 0.25) is 0 Å². The number of alkyl halides is 6. The number of aromatic nitrogens is 1. The summed E-state index contributed by atoms with van der Waals surface area (Å²) in [6.07, 6.45) is -9.37. The molecule has 0 aliphatic rings. The molecule has 1 aromatic heterocycles. The summed E-state index contributed by atoms with van der Waals surface area (Å²) in [6.45, 7) is 1.16. The number of pyridine rings is 1. The van der Waals surface area contributed by atoms with Gasteiger partial charge < -0.3 is 10.6 Å². The topological polar surface area (TPSA) is 88.2 Å². The molecule has 2 aromatic rings. The second kappa shape index (κ2) is 8.13. The van der Waals surface area contributed by atoms with Gasteiger partial charge in [-0.25, -0.2) is 13.4 Å². The van der Waals surface area contributed by atoms with Crippen LogP contribution in [0, 0.1) is 0 Å². The fourth-order valence-electron chi connectivity index (χ4n) is 2.39. The lowest BCUT2D eigenvalue weighted by atomic mass is 10.1. The van der Waals surface area contributed by atoms with Gasteiger partial charge in [-0.15, -0.1) is 0 Å². The van der Waals surface area contributed by atoms with Gasteiger partial charge in [-0.05, 0) is 24.3 Å². The molecule has 2 N–H and O–H groups in total. The molecule has 0 bridgehead atoms. The molecule has 0 unspecified atom stereocenters. The number of sulfone groups is 1. The zero-order chi connectivity index (χ0) is 22.9. The Labute approximate surface area is 167 Å². The van der Waals surface area contributed by atoms with Crippen LogP contribution in [0.5, 0.6) is 0 Å². The van der Waals surface area contributed by atoms with Crippen LogP contribution in [0.3, 0.4) is 0 Å². The van der Waals surface area contributed by atoms with Crippen molar-refractivity contribution in [2.75, 3.05) is 23.4 Å². The molecular weight excluding hydrogens is 440 g/mol. The average Bonchev–Trinajstić information content (AvgIpc) is 2.66. The maximum Gasteiger partial charge on any atom is 0.417 e. The molecule has 0 saturated carbocycles. The van der Waals surface area contributed by atoms with E-state index in [9.17, 15) is 39.6 Å². The van der Waals surface area contributed by atoms with E-state index in [1.807, 2.05) is 0 Å². The third kappa shape index (κ3) is 5.01. The summed E-state index contributed by atoms with van der Waals surface area (Å²) in [7, 11) is -2.95. The molecule has 0 aliphatic heterocycles. The highest BCUT2D eigenvalue weighted by atomic mass is 32.2. The van der Waals surface area contributed by atoms with E-state index in [0.717, 1.165) is 19.1 Å². The van der Waals surface area contributed by atoms with Gasteiger partial charge in [0.25, 0.3) is 5.91 Å². The Kier molecular flexibility index (Phi) is 6.35. The fourth-order valence-corrected chi connectivity index (χ4v) is 3.44. The molecule has 0 fully saturated rings. The van der Waals surface area contributed by atoms with Gasteiger partial charge in [0.15, 0.2) is 9.84 Å². The molecule has 0 spiro atoms. The number of nitrogens with zero attached hydrogens (tertiary/aromatic N) is 1. The van der Waals surface area contributed by atoms with E-state index in [0.29, 0.717) is 6.07 Å². The zero-order valence-corrected chi connectivity index (χ0v) is 16.3. The summed E-state index contributed by atoms with van der Waals surface area (Å²) in [5.74, 6) is -1.91. The summed E-state index contributed by atoms with van der Waals surface area (Å²) < 4.78 is 102. The van der Waals surface area contributed by atoms with Crippen molar-refractivity contribution in [2.24, 2.45) is 0 Å². The quantitative estimate of drug-likeness (QED) is 0.660. The van der Waals surface area contributed by atoms with Gasteiger partial charge in [0.05, 0.1) is 33.2 Å². The molecule has 1 aromatic carbocycles. The Morgan fingerprint density at radius 2 is 1.60 bits per heavy atom. The number of benzene rings is 1. The van der Waals surface area contributed by atoms with E-state index < -0.39 is 55.6 Å². The number of amides is 1. The Morgan fingerprint density at radius 1 is 1.00 bits per heavy atom. The van der Waals surface area contributed by atoms with Crippen LogP contribution >= 0.6 is 0 Å². The lowest BCUT2D eigenvalue weighted by Crippen LogP contribution is -2.21. The minimum atomic E-state index is -4.92. The third-order valence-corrected chi connectivity index (χ3v) is 5.72. The molecule has 2 rings (SSSR count). The van der Waals surface area contributed by atoms with Crippen molar-refractivity contribution in [2.45, 2.75) is 24.2 Å². The summed E-state index contributed by atoms with van der Waals surface area (Å²) in [4.78, 5) is 14.9. The van der Waals surface area contributed by atoms with Crippen molar-refractivity contribution >= 4 is 27.1 Å². The van der Waals surface area contributed by atoms with Crippen molar-refractivity contribution in [3.63, 3.8) is 0 Å². The second-order valence-corrected chi connectivity index (χ2v) is 8.18. The van der Waals surface area contributed by atoms with Crippen LogP contribution in [-0.2, 0) is 22.2 Å². The molecule has 6 nitrogen and oxygen atoms in total. The van der Waals surface area contributed by atoms with Crippen LogP contribution in [0.1, 0.15) is 28.5 Å². The van der Waals surface area contributed by atoms with Gasteiger partial charge in [0.2, 0.25) is 0 Å². The van der Waals surface area contributed by atoms with E-state index in [4.69, 9.17) is 0 Å². The summed E-state index contributed by atoms with van der Waals surface area (Å²) in [5, 5.41) is 4.62. The van der Waals surface area contributed by atoms with E-state index >= 15 is 0 Å². The molecule has 13 heteroatoms. The molecule has 164 valence electrons. The Morgan fingerprint density at radius 3 is 2.10 bits per heavy atom. The highest BCUT2D eigenvalue weighted by Crippen LogP contribution is 2.35. The highest BCUT2D eigenvalue weighted by molar-refractivity contribution is 7.91. The molecular formula is C17H15F6N3O3S. The van der Waals surface area contributed by atoms with E-state index in [1.165, 1.54) is 7.05 Å². The molecule has 0 atom stereocenters. The number of hydrogen-bond donors (Lipinski definition) is 2. The predicted molar refractivity (Wildman–Crippen MR) is 95.9 cm³/mol. The summed E-state index contributed by atoms with van der Waals surface area (Å²) in [5.41, 5.74) is -3.66. The molecule has 1 amide bonds. The van der Waals surface area contributed by atoms with Gasteiger partial charge in [-0.1, -0.05) is 6.92 Å². The molecule has 0 aliphatic carbocycles. The second-order valence-electron chi connectivity index (χ2n) is 5.93. The summed E-state index contributed by atoms with van der Waals surface area (Å²) in [6, 6.07) is 2.65. The van der Waals surface area contributed by atoms with Crippen molar-refractivity contribution in [3.05, 3.63) is 47.3 Å². The number of hydrogen-bond acceptors (Lipinski definition) is 5. The first kappa shape index (κ1) is 23.4. The standard InChI is InChI=1S/C17H15F6N3O3S/c1-3-30(28,29)13-7-10(17(21,22)23)8-25-14(13)15(27)26-12-6-9(16(18,19)20)4-5-11(12)24-2/h4-8,24H,3H2,1-2H3,(H,26,27). The highest BCUT2D eigenvalue weighted by Gasteiger charge is 2.35. The molecule has 30 heavy (non-hydrogen) atoms. The fraction of sp³-hybridized carbons (Fsp3) is 0.294. The first-order chi connectivity index (χ1) is 13.7. The average molecular weight is 455 g/mol. The number of carbonyl (C=O) groups excluding carboxylic acids is 1. The van der Waals surface area contributed by atoms with Gasteiger partial charge in [0.1, 0.15) is 5.69 Å². The largest absolute Gasteiger partial charge is 0.417 e.